The van der Waals surface area contributed by atoms with Crippen molar-refractivity contribution < 1.29 is 9.59 Å². The third-order valence-corrected chi connectivity index (χ3v) is 5.88. The van der Waals surface area contributed by atoms with E-state index in [1.165, 1.54) is 29.3 Å². The van der Waals surface area contributed by atoms with Crippen molar-refractivity contribution in [1.29, 1.82) is 0 Å². The largest absolute Gasteiger partial charge is 0.368 e. The maximum absolute atomic E-state index is 12.9. The Labute approximate surface area is 173 Å². The van der Waals surface area contributed by atoms with Crippen molar-refractivity contribution in [3.63, 3.8) is 0 Å². The molecule has 0 radical (unpaired) electrons. The first kappa shape index (κ1) is 20.9. The minimum Gasteiger partial charge on any atom is -0.368 e. The number of piperazine rings is 1. The molecule has 0 saturated carbocycles. The van der Waals surface area contributed by atoms with E-state index in [4.69, 9.17) is 0 Å². The molecule has 1 aliphatic rings. The van der Waals surface area contributed by atoms with E-state index in [-0.39, 0.29) is 18.4 Å². The molecule has 2 amide bonds. The number of rotatable bonds is 5. The molecule has 154 valence electrons. The van der Waals surface area contributed by atoms with Gasteiger partial charge in [-0.05, 0) is 55.2 Å². The summed E-state index contributed by atoms with van der Waals surface area (Å²) in [5, 5.41) is 0. The lowest BCUT2D eigenvalue weighted by atomic mass is 10.1. The molecule has 0 aromatic heterocycles. The summed E-state index contributed by atoms with van der Waals surface area (Å²) in [7, 11) is 0. The molecule has 0 unspecified atom stereocenters. The minimum atomic E-state index is -0.114. The molecule has 0 spiro atoms. The van der Waals surface area contributed by atoms with Crippen LogP contribution in [0.3, 0.4) is 0 Å². The molecular weight excluding hydrogens is 362 g/mol. The highest BCUT2D eigenvalue weighted by atomic mass is 16.2. The second-order valence-electron chi connectivity index (χ2n) is 7.71. The number of carbonyl (C=O) groups is 2. The second-order valence-corrected chi connectivity index (χ2v) is 7.71. The molecule has 0 atom stereocenters. The summed E-state index contributed by atoms with van der Waals surface area (Å²) in [6, 6.07) is 14.2. The van der Waals surface area contributed by atoms with Gasteiger partial charge < -0.3 is 14.7 Å². The van der Waals surface area contributed by atoms with Crippen molar-refractivity contribution >= 4 is 23.2 Å². The number of hydrogen-bond acceptors (Lipinski definition) is 3. The fraction of sp³-hybridized carbons (Fsp3) is 0.417. The van der Waals surface area contributed by atoms with E-state index in [0.717, 1.165) is 25.2 Å². The number of hydrogen-bond donors (Lipinski definition) is 0. The molecule has 3 rings (SSSR count). The topological polar surface area (TPSA) is 43.9 Å². The lowest BCUT2D eigenvalue weighted by molar-refractivity contribution is -0.131. The molecule has 5 nitrogen and oxygen atoms in total. The molecule has 5 heteroatoms. The highest BCUT2D eigenvalue weighted by molar-refractivity contribution is 5.97. The van der Waals surface area contributed by atoms with Crippen LogP contribution < -0.4 is 9.80 Å². The van der Waals surface area contributed by atoms with Crippen molar-refractivity contribution in [3.05, 3.63) is 59.2 Å². The molecular formula is C24H31N3O2. The summed E-state index contributed by atoms with van der Waals surface area (Å²) < 4.78 is 0. The van der Waals surface area contributed by atoms with Crippen molar-refractivity contribution in [2.45, 2.75) is 34.1 Å². The Morgan fingerprint density at radius 3 is 2.21 bits per heavy atom. The fourth-order valence-corrected chi connectivity index (χ4v) is 3.81. The van der Waals surface area contributed by atoms with Crippen molar-refractivity contribution in [1.82, 2.24) is 4.90 Å². The van der Waals surface area contributed by atoms with E-state index in [0.29, 0.717) is 13.1 Å². The highest BCUT2D eigenvalue weighted by Crippen LogP contribution is 2.24. The lowest BCUT2D eigenvalue weighted by Gasteiger charge is -2.37. The molecule has 0 bridgehead atoms. The maximum atomic E-state index is 12.9. The Hall–Kier alpha value is -2.82. The first-order chi connectivity index (χ1) is 13.9. The van der Waals surface area contributed by atoms with Crippen LogP contribution in [-0.4, -0.2) is 49.4 Å². The van der Waals surface area contributed by atoms with Gasteiger partial charge in [0.15, 0.2) is 0 Å². The van der Waals surface area contributed by atoms with Crippen molar-refractivity contribution in [3.8, 4) is 0 Å². The normalized spacial score (nSPS) is 14.1. The van der Waals surface area contributed by atoms with Crippen molar-refractivity contribution in [2.24, 2.45) is 0 Å². The summed E-state index contributed by atoms with van der Waals surface area (Å²) in [6.45, 7) is 10.9. The van der Waals surface area contributed by atoms with Gasteiger partial charge in [-0.15, -0.1) is 0 Å². The van der Waals surface area contributed by atoms with E-state index in [1.807, 2.05) is 29.2 Å². The smallest absolute Gasteiger partial charge is 0.242 e. The molecule has 0 aliphatic carbocycles. The standard InChI is InChI=1S/C24H31N3O2/c1-5-21-9-11-22(12-10-21)27(20(4)28)17-24(29)26-15-13-25(14-16-26)23-8-6-7-18(2)19(23)3/h6-12H,5,13-17H2,1-4H3. The Balaban J connectivity index is 1.63. The maximum Gasteiger partial charge on any atom is 0.242 e. The average molecular weight is 394 g/mol. The Morgan fingerprint density at radius 1 is 0.966 bits per heavy atom. The van der Waals surface area contributed by atoms with Gasteiger partial charge >= 0.3 is 0 Å². The number of anilines is 2. The van der Waals surface area contributed by atoms with Crippen LogP contribution in [0.5, 0.6) is 0 Å². The van der Waals surface area contributed by atoms with Crippen LogP contribution >= 0.6 is 0 Å². The van der Waals surface area contributed by atoms with Gasteiger partial charge in [-0.3, -0.25) is 9.59 Å². The Kier molecular flexibility index (Phi) is 6.57. The fourth-order valence-electron chi connectivity index (χ4n) is 3.81. The number of benzene rings is 2. The number of carbonyl (C=O) groups excluding carboxylic acids is 2. The predicted octanol–water partition coefficient (Wildman–Crippen LogP) is 3.57. The number of amides is 2. The van der Waals surface area contributed by atoms with Gasteiger partial charge in [-0.25, -0.2) is 0 Å². The van der Waals surface area contributed by atoms with Gasteiger partial charge in [0.05, 0.1) is 0 Å². The third-order valence-electron chi connectivity index (χ3n) is 5.88. The van der Waals surface area contributed by atoms with Gasteiger partial charge in [0, 0.05) is 44.5 Å². The van der Waals surface area contributed by atoms with Gasteiger partial charge in [0.25, 0.3) is 0 Å². The molecule has 2 aromatic carbocycles. The predicted molar refractivity (Wildman–Crippen MR) is 119 cm³/mol. The summed E-state index contributed by atoms with van der Waals surface area (Å²) in [6.07, 6.45) is 0.948. The van der Waals surface area contributed by atoms with Gasteiger partial charge in [0.1, 0.15) is 6.54 Å². The van der Waals surface area contributed by atoms with E-state index in [1.54, 1.807) is 4.90 Å². The van der Waals surface area contributed by atoms with Crippen molar-refractivity contribution in [2.75, 3.05) is 42.5 Å². The quantitative estimate of drug-likeness (QED) is 0.780. The van der Waals surface area contributed by atoms with Crippen LogP contribution in [0.2, 0.25) is 0 Å². The average Bonchev–Trinajstić information content (AvgIpc) is 2.74. The molecule has 29 heavy (non-hydrogen) atoms. The summed E-state index contributed by atoms with van der Waals surface area (Å²) in [5.41, 5.74) is 5.82. The Bertz CT molecular complexity index is 868. The van der Waals surface area contributed by atoms with E-state index < -0.39 is 0 Å². The van der Waals surface area contributed by atoms with Crippen LogP contribution in [0.4, 0.5) is 11.4 Å². The lowest BCUT2D eigenvalue weighted by Crippen LogP contribution is -2.52. The van der Waals surface area contributed by atoms with Crippen LogP contribution in [0.15, 0.2) is 42.5 Å². The summed E-state index contributed by atoms with van der Waals surface area (Å²) in [4.78, 5) is 30.8. The molecule has 0 N–H and O–H groups in total. The SMILES string of the molecule is CCc1ccc(N(CC(=O)N2CCN(c3cccc(C)c3C)CC2)C(C)=O)cc1. The van der Waals surface area contributed by atoms with Crippen LogP contribution in [0, 0.1) is 13.8 Å². The molecule has 1 aliphatic heterocycles. The minimum absolute atomic E-state index is 0.000354. The van der Waals surface area contributed by atoms with Crippen LogP contribution in [-0.2, 0) is 16.0 Å². The van der Waals surface area contributed by atoms with E-state index in [2.05, 4.69) is 43.9 Å². The summed E-state index contributed by atoms with van der Waals surface area (Å²) >= 11 is 0. The molecule has 1 heterocycles. The molecule has 1 fully saturated rings. The number of aryl methyl sites for hydroxylation is 2. The first-order valence-corrected chi connectivity index (χ1v) is 10.4. The van der Waals surface area contributed by atoms with E-state index >= 15 is 0 Å². The first-order valence-electron chi connectivity index (χ1n) is 10.4. The Morgan fingerprint density at radius 2 is 1.62 bits per heavy atom. The van der Waals surface area contributed by atoms with Gasteiger partial charge in [-0.2, -0.15) is 0 Å². The zero-order valence-electron chi connectivity index (χ0n) is 17.9. The van der Waals surface area contributed by atoms with Gasteiger partial charge in [-0.1, -0.05) is 31.2 Å². The zero-order chi connectivity index (χ0) is 21.0. The van der Waals surface area contributed by atoms with Gasteiger partial charge in [0.2, 0.25) is 11.8 Å². The highest BCUT2D eigenvalue weighted by Gasteiger charge is 2.25. The molecule has 2 aromatic rings. The monoisotopic (exact) mass is 393 g/mol. The zero-order valence-corrected chi connectivity index (χ0v) is 17.9. The third kappa shape index (κ3) is 4.78. The summed E-state index contributed by atoms with van der Waals surface area (Å²) in [5.74, 6) is -0.114. The van der Waals surface area contributed by atoms with Crippen LogP contribution in [0.25, 0.3) is 0 Å². The second kappa shape index (κ2) is 9.12. The van der Waals surface area contributed by atoms with Crippen LogP contribution in [0.1, 0.15) is 30.5 Å². The molecule has 1 saturated heterocycles. The number of nitrogens with zero attached hydrogens (tertiary/aromatic N) is 3. The van der Waals surface area contributed by atoms with E-state index in [9.17, 15) is 9.59 Å².